The van der Waals surface area contributed by atoms with Gasteiger partial charge in [-0.1, -0.05) is 39.8 Å². The predicted molar refractivity (Wildman–Crippen MR) is 152 cm³/mol. The molecule has 36 heavy (non-hydrogen) atoms. The van der Waals surface area contributed by atoms with Crippen molar-refractivity contribution in [1.29, 1.82) is 0 Å². The molecular weight excluding hydrogens is 446 g/mol. The Morgan fingerprint density at radius 3 is 2.53 bits per heavy atom. The van der Waals surface area contributed by atoms with Crippen molar-refractivity contribution in [1.82, 2.24) is 24.6 Å². The molecule has 0 radical (unpaired) electrons. The van der Waals surface area contributed by atoms with Crippen molar-refractivity contribution in [3.63, 3.8) is 0 Å². The molecule has 1 aliphatic heterocycles. The molecule has 3 aromatic rings. The molecule has 198 valence electrons. The number of pyridine rings is 1. The zero-order valence-electron chi connectivity index (χ0n) is 23.7. The molecule has 0 aromatic carbocycles. The maximum Gasteiger partial charge on any atom is 0.137 e. The number of allylic oxidation sites excluding steroid dienone is 1. The van der Waals surface area contributed by atoms with Crippen LogP contribution in [-0.2, 0) is 18.3 Å². The third-order valence-electron chi connectivity index (χ3n) is 7.52. The molecule has 4 heterocycles. The van der Waals surface area contributed by atoms with Crippen LogP contribution in [0.15, 0.2) is 30.7 Å². The highest BCUT2D eigenvalue weighted by Crippen LogP contribution is 2.30. The lowest BCUT2D eigenvalue weighted by Crippen LogP contribution is -2.35. The summed E-state index contributed by atoms with van der Waals surface area (Å²) >= 11 is 0. The highest BCUT2D eigenvalue weighted by Gasteiger charge is 2.19. The number of hydrogen-bond donors (Lipinski definition) is 1. The zero-order chi connectivity index (χ0) is 26.7. The first-order valence-corrected chi connectivity index (χ1v) is 13.4. The second-order valence-corrected chi connectivity index (χ2v) is 10.3. The van der Waals surface area contributed by atoms with E-state index in [2.05, 4.69) is 72.9 Å². The van der Waals surface area contributed by atoms with E-state index in [4.69, 9.17) is 0 Å². The number of aromatic nitrogens is 4. The van der Waals surface area contributed by atoms with E-state index in [9.17, 15) is 4.79 Å². The first-order valence-electron chi connectivity index (χ1n) is 13.4. The van der Waals surface area contributed by atoms with Crippen LogP contribution >= 0.6 is 0 Å². The summed E-state index contributed by atoms with van der Waals surface area (Å²) in [5, 5.41) is 5.32. The Labute approximate surface area is 218 Å². The number of carbonyl (C=O) groups excluding carboxylic acids is 1. The van der Waals surface area contributed by atoms with Gasteiger partial charge in [-0.3, -0.25) is 4.68 Å². The average Bonchev–Trinajstić information content (AvgIpc) is 3.47. The van der Waals surface area contributed by atoms with Gasteiger partial charge in [0.2, 0.25) is 0 Å². The van der Waals surface area contributed by atoms with Crippen LogP contribution < -0.4 is 0 Å². The minimum atomic E-state index is 0.562. The summed E-state index contributed by atoms with van der Waals surface area (Å²) in [6.07, 6.45) is 14.8. The molecule has 0 bridgehead atoms. The van der Waals surface area contributed by atoms with Gasteiger partial charge < -0.3 is 14.7 Å². The number of fused-ring (bicyclic) bond motifs is 1. The lowest BCUT2D eigenvalue weighted by molar-refractivity contribution is -0.107. The van der Waals surface area contributed by atoms with Crippen molar-refractivity contribution in [2.75, 3.05) is 20.1 Å². The van der Waals surface area contributed by atoms with Crippen LogP contribution in [0, 0.1) is 18.8 Å². The van der Waals surface area contributed by atoms with Gasteiger partial charge in [-0.15, -0.1) is 0 Å². The molecule has 0 amide bonds. The number of piperidine rings is 1. The Kier molecular flexibility index (Phi) is 12.1. The van der Waals surface area contributed by atoms with Gasteiger partial charge >= 0.3 is 0 Å². The van der Waals surface area contributed by atoms with Crippen molar-refractivity contribution in [2.24, 2.45) is 18.9 Å². The molecule has 0 spiro atoms. The smallest absolute Gasteiger partial charge is 0.137 e. The standard InChI is InChI=1S/C14H18N2.C8H12N2O.C8H17N/c1-4-6-11-9-16-14-12(7-8-15-14)13(11)10(3)5-2;1-7-8(4-3-5-11)6-9-10(7)2;1-7-4-5-9(3)6-8(7)2/h4,6-10H,5H2,1-3H3,(H,15,16);5-6H,3-4H2,1-2H3;7-8H,4-6H2,1-3H3/b6-4-;;. The Balaban J connectivity index is 0.000000200. The van der Waals surface area contributed by atoms with Crippen molar-refractivity contribution in [3.8, 4) is 0 Å². The molecule has 3 atom stereocenters. The van der Waals surface area contributed by atoms with Crippen LogP contribution in [0.1, 0.15) is 82.2 Å². The SMILES string of the molecule is C/C=C\c1cnc2[nH]ccc2c1C(C)CC.CC1CCN(C)CC1C.Cc1c(CCC=O)cnn1C. The summed E-state index contributed by atoms with van der Waals surface area (Å²) in [6.45, 7) is 15.8. The molecule has 0 aliphatic carbocycles. The average molecular weight is 494 g/mol. The van der Waals surface area contributed by atoms with Gasteiger partial charge in [0.25, 0.3) is 0 Å². The Morgan fingerprint density at radius 2 is 1.97 bits per heavy atom. The maximum absolute atomic E-state index is 10.1. The highest BCUT2D eigenvalue weighted by molar-refractivity contribution is 5.83. The normalized spacial score (nSPS) is 18.9. The van der Waals surface area contributed by atoms with Gasteiger partial charge in [-0.2, -0.15) is 5.10 Å². The summed E-state index contributed by atoms with van der Waals surface area (Å²) in [5.74, 6) is 2.41. The number of hydrogen-bond acceptors (Lipinski definition) is 4. The second-order valence-electron chi connectivity index (χ2n) is 10.3. The molecule has 4 rings (SSSR count). The number of aldehydes is 1. The van der Waals surface area contributed by atoms with Crippen LogP contribution in [0.4, 0.5) is 0 Å². The largest absolute Gasteiger partial charge is 0.346 e. The zero-order valence-corrected chi connectivity index (χ0v) is 23.7. The summed E-state index contributed by atoms with van der Waals surface area (Å²) in [4.78, 5) is 20.1. The number of aromatic amines is 1. The van der Waals surface area contributed by atoms with Crippen molar-refractivity contribution in [3.05, 3.63) is 53.1 Å². The van der Waals surface area contributed by atoms with Crippen molar-refractivity contribution < 1.29 is 4.79 Å². The predicted octanol–water partition coefficient (Wildman–Crippen LogP) is 6.56. The molecule has 3 unspecified atom stereocenters. The lowest BCUT2D eigenvalue weighted by atomic mass is 9.89. The quantitative estimate of drug-likeness (QED) is 0.395. The molecule has 1 aliphatic rings. The Morgan fingerprint density at radius 1 is 1.22 bits per heavy atom. The number of nitrogens with one attached hydrogen (secondary N) is 1. The van der Waals surface area contributed by atoms with Gasteiger partial charge in [0.15, 0.2) is 0 Å². The fourth-order valence-electron chi connectivity index (χ4n) is 4.59. The molecule has 0 saturated carbocycles. The molecule has 6 heteroatoms. The summed E-state index contributed by atoms with van der Waals surface area (Å²) in [5.41, 5.74) is 5.95. The molecule has 1 N–H and O–H groups in total. The fourth-order valence-corrected chi connectivity index (χ4v) is 4.59. The van der Waals surface area contributed by atoms with E-state index in [1.54, 1.807) is 0 Å². The van der Waals surface area contributed by atoms with Gasteiger partial charge in [0.05, 0.1) is 6.20 Å². The van der Waals surface area contributed by atoms with E-state index >= 15 is 0 Å². The van der Waals surface area contributed by atoms with E-state index in [0.717, 1.165) is 42.3 Å². The van der Waals surface area contributed by atoms with Crippen LogP contribution in [0.25, 0.3) is 17.1 Å². The number of rotatable bonds is 6. The van der Waals surface area contributed by atoms with Gasteiger partial charge in [0.1, 0.15) is 11.9 Å². The number of carbonyl (C=O) groups is 1. The van der Waals surface area contributed by atoms with Crippen LogP contribution in [-0.4, -0.2) is 51.1 Å². The summed E-state index contributed by atoms with van der Waals surface area (Å²) in [6, 6.07) is 2.12. The van der Waals surface area contributed by atoms with Crippen molar-refractivity contribution in [2.45, 2.75) is 73.1 Å². The van der Waals surface area contributed by atoms with Gasteiger partial charge in [-0.25, -0.2) is 4.98 Å². The Bertz CT molecular complexity index is 1100. The molecule has 1 saturated heterocycles. The Hall–Kier alpha value is -2.73. The molecule has 6 nitrogen and oxygen atoms in total. The third-order valence-corrected chi connectivity index (χ3v) is 7.52. The molecule has 1 fully saturated rings. The first-order chi connectivity index (χ1) is 17.2. The number of nitrogens with zero attached hydrogens (tertiary/aromatic N) is 4. The van der Waals surface area contributed by atoms with Crippen LogP contribution in [0.3, 0.4) is 0 Å². The van der Waals surface area contributed by atoms with Crippen molar-refractivity contribution >= 4 is 23.4 Å². The van der Waals surface area contributed by atoms with E-state index in [1.807, 2.05) is 44.2 Å². The minimum Gasteiger partial charge on any atom is -0.346 e. The fraction of sp³-hybridized carbons (Fsp3) is 0.567. The van der Waals surface area contributed by atoms with Gasteiger partial charge in [-0.05, 0) is 87.2 Å². The van der Waals surface area contributed by atoms with Crippen LogP contribution in [0.2, 0.25) is 0 Å². The summed E-state index contributed by atoms with van der Waals surface area (Å²) in [7, 11) is 4.11. The number of aryl methyl sites for hydroxylation is 2. The second kappa shape index (κ2) is 14.7. The molecule has 3 aromatic heterocycles. The van der Waals surface area contributed by atoms with E-state index in [1.165, 1.54) is 41.6 Å². The van der Waals surface area contributed by atoms with Crippen LogP contribution in [0.5, 0.6) is 0 Å². The number of H-pyrrole nitrogens is 1. The third kappa shape index (κ3) is 8.16. The van der Waals surface area contributed by atoms with E-state index < -0.39 is 0 Å². The maximum atomic E-state index is 10.1. The summed E-state index contributed by atoms with van der Waals surface area (Å²) < 4.78 is 1.82. The monoisotopic (exact) mass is 493 g/mol. The topological polar surface area (TPSA) is 66.8 Å². The lowest BCUT2D eigenvalue weighted by Gasteiger charge is -2.32. The van der Waals surface area contributed by atoms with E-state index in [-0.39, 0.29) is 0 Å². The van der Waals surface area contributed by atoms with Gasteiger partial charge in [0, 0.05) is 43.5 Å². The minimum absolute atomic E-state index is 0.562. The molecular formula is C30H47N5O. The van der Waals surface area contributed by atoms with E-state index in [0.29, 0.717) is 12.3 Å². The number of likely N-dealkylation sites (tertiary alicyclic amines) is 1. The first kappa shape index (κ1) is 29.5. The highest BCUT2D eigenvalue weighted by atomic mass is 16.1.